The number of rotatable bonds is 6. The lowest BCUT2D eigenvalue weighted by Gasteiger charge is -2.12. The van der Waals surface area contributed by atoms with Gasteiger partial charge in [0.05, 0.1) is 17.5 Å². The minimum Gasteiger partial charge on any atom is -0.481 e. The average molecular weight is 290 g/mol. The SMILES string of the molecule is CC(C)n1ccc2c(NCCC(=O)O)cc(C(=O)O)cc21. The summed E-state index contributed by atoms with van der Waals surface area (Å²) in [7, 11) is 0. The predicted octanol–water partition coefficient (Wildman–Crippen LogP) is 2.81. The number of aromatic nitrogens is 1. The number of carboxylic acids is 2. The highest BCUT2D eigenvalue weighted by Crippen LogP contribution is 2.29. The number of carboxylic acid groups (broad SMARTS) is 2. The first-order valence-corrected chi connectivity index (χ1v) is 6.73. The first-order valence-electron chi connectivity index (χ1n) is 6.73. The highest BCUT2D eigenvalue weighted by molar-refractivity contribution is 6.00. The first-order chi connectivity index (χ1) is 9.90. The zero-order valence-electron chi connectivity index (χ0n) is 12.0. The number of fused-ring (bicyclic) bond motifs is 1. The monoisotopic (exact) mass is 290 g/mol. The molecule has 1 aromatic heterocycles. The molecule has 6 heteroatoms. The summed E-state index contributed by atoms with van der Waals surface area (Å²) in [4.78, 5) is 21.8. The molecule has 0 aliphatic heterocycles. The van der Waals surface area contributed by atoms with E-state index in [2.05, 4.69) is 5.32 Å². The fourth-order valence-corrected chi connectivity index (χ4v) is 2.29. The van der Waals surface area contributed by atoms with Crippen LogP contribution in [0.2, 0.25) is 0 Å². The summed E-state index contributed by atoms with van der Waals surface area (Å²) in [5.74, 6) is -1.90. The van der Waals surface area contributed by atoms with Crippen LogP contribution in [-0.2, 0) is 4.79 Å². The van der Waals surface area contributed by atoms with Crippen LogP contribution in [0.3, 0.4) is 0 Å². The molecule has 21 heavy (non-hydrogen) atoms. The van der Waals surface area contributed by atoms with Crippen LogP contribution in [0.1, 0.15) is 36.7 Å². The number of benzene rings is 1. The Morgan fingerprint density at radius 2 is 2.00 bits per heavy atom. The van der Waals surface area contributed by atoms with Gasteiger partial charge in [-0.3, -0.25) is 4.79 Å². The van der Waals surface area contributed by atoms with Crippen molar-refractivity contribution in [3.05, 3.63) is 30.0 Å². The van der Waals surface area contributed by atoms with Gasteiger partial charge in [0.1, 0.15) is 0 Å². The van der Waals surface area contributed by atoms with Gasteiger partial charge in [-0.25, -0.2) is 4.79 Å². The zero-order chi connectivity index (χ0) is 15.6. The summed E-state index contributed by atoms with van der Waals surface area (Å²) in [6.45, 7) is 4.29. The Balaban J connectivity index is 2.46. The Morgan fingerprint density at radius 3 is 2.57 bits per heavy atom. The van der Waals surface area contributed by atoms with Crippen LogP contribution < -0.4 is 5.32 Å². The third-order valence-electron chi connectivity index (χ3n) is 3.30. The van der Waals surface area contributed by atoms with E-state index in [1.54, 1.807) is 6.07 Å². The number of aliphatic carboxylic acids is 1. The molecule has 112 valence electrons. The molecule has 0 bridgehead atoms. The minimum absolute atomic E-state index is 0.0241. The molecule has 0 amide bonds. The van der Waals surface area contributed by atoms with Gasteiger partial charge in [-0.1, -0.05) is 0 Å². The molecule has 0 saturated carbocycles. The van der Waals surface area contributed by atoms with Gasteiger partial charge in [0.15, 0.2) is 0 Å². The van der Waals surface area contributed by atoms with Crippen molar-refractivity contribution in [3.8, 4) is 0 Å². The van der Waals surface area contributed by atoms with Gasteiger partial charge in [0.2, 0.25) is 0 Å². The molecule has 0 unspecified atom stereocenters. The van der Waals surface area contributed by atoms with Crippen molar-refractivity contribution < 1.29 is 19.8 Å². The Labute approximate surface area is 122 Å². The van der Waals surface area contributed by atoms with Crippen molar-refractivity contribution in [1.29, 1.82) is 0 Å². The number of hydrogen-bond donors (Lipinski definition) is 3. The highest BCUT2D eigenvalue weighted by atomic mass is 16.4. The summed E-state index contributed by atoms with van der Waals surface area (Å²) in [5.41, 5.74) is 1.65. The van der Waals surface area contributed by atoms with E-state index in [1.165, 1.54) is 6.07 Å². The molecule has 0 spiro atoms. The summed E-state index contributed by atoms with van der Waals surface area (Å²) in [6, 6.07) is 5.29. The molecule has 2 rings (SSSR count). The first kappa shape index (κ1) is 14.9. The van der Waals surface area contributed by atoms with E-state index in [1.807, 2.05) is 30.7 Å². The molecule has 3 N–H and O–H groups in total. The molecule has 0 radical (unpaired) electrons. The zero-order valence-corrected chi connectivity index (χ0v) is 12.0. The van der Waals surface area contributed by atoms with E-state index in [0.29, 0.717) is 5.69 Å². The fraction of sp³-hybridized carbons (Fsp3) is 0.333. The molecule has 0 atom stereocenters. The van der Waals surface area contributed by atoms with Crippen molar-refractivity contribution in [2.45, 2.75) is 26.3 Å². The molecular weight excluding hydrogens is 272 g/mol. The van der Waals surface area contributed by atoms with E-state index in [0.717, 1.165) is 10.9 Å². The normalized spacial score (nSPS) is 11.0. The van der Waals surface area contributed by atoms with Gasteiger partial charge >= 0.3 is 11.9 Å². The van der Waals surface area contributed by atoms with Gasteiger partial charge in [-0.2, -0.15) is 0 Å². The number of hydrogen-bond acceptors (Lipinski definition) is 3. The van der Waals surface area contributed by atoms with Crippen molar-refractivity contribution in [2.75, 3.05) is 11.9 Å². The number of anilines is 1. The van der Waals surface area contributed by atoms with Gasteiger partial charge in [0.25, 0.3) is 0 Å². The molecule has 0 aliphatic rings. The fourth-order valence-electron chi connectivity index (χ4n) is 2.29. The molecular formula is C15H18N2O4. The summed E-state index contributed by atoms with van der Waals surface area (Å²) in [6.07, 6.45) is 1.88. The maximum Gasteiger partial charge on any atom is 0.335 e. The van der Waals surface area contributed by atoms with Crippen molar-refractivity contribution in [1.82, 2.24) is 4.57 Å². The topological polar surface area (TPSA) is 91.6 Å². The van der Waals surface area contributed by atoms with Crippen molar-refractivity contribution in [3.63, 3.8) is 0 Å². The Bertz CT molecular complexity index is 688. The molecule has 0 aliphatic carbocycles. The lowest BCUT2D eigenvalue weighted by atomic mass is 10.1. The number of nitrogens with zero attached hydrogens (tertiary/aromatic N) is 1. The van der Waals surface area contributed by atoms with Crippen LogP contribution in [0, 0.1) is 0 Å². The van der Waals surface area contributed by atoms with Crippen LogP contribution >= 0.6 is 0 Å². The quantitative estimate of drug-likeness (QED) is 0.761. The van der Waals surface area contributed by atoms with Crippen LogP contribution in [-0.4, -0.2) is 33.3 Å². The summed E-state index contributed by atoms with van der Waals surface area (Å²) < 4.78 is 1.99. The Morgan fingerprint density at radius 1 is 1.29 bits per heavy atom. The largest absolute Gasteiger partial charge is 0.481 e. The number of carbonyl (C=O) groups is 2. The van der Waals surface area contributed by atoms with Gasteiger partial charge in [-0.05, 0) is 32.0 Å². The lowest BCUT2D eigenvalue weighted by molar-refractivity contribution is -0.136. The molecule has 1 heterocycles. The van der Waals surface area contributed by atoms with E-state index >= 15 is 0 Å². The Hall–Kier alpha value is -2.50. The molecule has 0 saturated heterocycles. The molecule has 2 aromatic rings. The minimum atomic E-state index is -1.00. The molecule has 1 aromatic carbocycles. The van der Waals surface area contributed by atoms with Crippen molar-refractivity contribution >= 4 is 28.5 Å². The second kappa shape index (κ2) is 5.87. The van der Waals surface area contributed by atoms with Crippen LogP contribution in [0.25, 0.3) is 10.9 Å². The summed E-state index contributed by atoms with van der Waals surface area (Å²) in [5, 5.41) is 21.8. The standard InChI is InChI=1S/C15H18N2O4/c1-9(2)17-6-4-11-12(16-5-3-14(18)19)7-10(15(20)21)8-13(11)17/h4,6-9,16H,3,5H2,1-2H3,(H,18,19)(H,20,21). The molecule has 0 fully saturated rings. The number of nitrogens with one attached hydrogen (secondary N) is 1. The maximum atomic E-state index is 11.3. The van der Waals surface area contributed by atoms with Gasteiger partial charge in [-0.15, -0.1) is 0 Å². The summed E-state index contributed by atoms with van der Waals surface area (Å²) >= 11 is 0. The van der Waals surface area contributed by atoms with E-state index < -0.39 is 11.9 Å². The maximum absolute atomic E-state index is 11.3. The van der Waals surface area contributed by atoms with E-state index in [4.69, 9.17) is 5.11 Å². The molecule has 6 nitrogen and oxygen atoms in total. The van der Waals surface area contributed by atoms with Crippen LogP contribution in [0.5, 0.6) is 0 Å². The second-order valence-corrected chi connectivity index (χ2v) is 5.15. The van der Waals surface area contributed by atoms with Gasteiger partial charge in [0, 0.05) is 29.9 Å². The number of aromatic carboxylic acids is 1. The third kappa shape index (κ3) is 3.16. The highest BCUT2D eigenvalue weighted by Gasteiger charge is 2.13. The Kier molecular flexibility index (Phi) is 4.16. The van der Waals surface area contributed by atoms with E-state index in [-0.39, 0.29) is 24.6 Å². The lowest BCUT2D eigenvalue weighted by Crippen LogP contribution is -2.09. The van der Waals surface area contributed by atoms with Gasteiger partial charge < -0.3 is 20.1 Å². The third-order valence-corrected chi connectivity index (χ3v) is 3.30. The van der Waals surface area contributed by atoms with Crippen LogP contribution in [0.15, 0.2) is 24.4 Å². The second-order valence-electron chi connectivity index (χ2n) is 5.15. The van der Waals surface area contributed by atoms with E-state index in [9.17, 15) is 14.7 Å². The average Bonchev–Trinajstić information content (AvgIpc) is 2.81. The smallest absolute Gasteiger partial charge is 0.335 e. The van der Waals surface area contributed by atoms with Crippen LogP contribution in [0.4, 0.5) is 5.69 Å². The predicted molar refractivity (Wildman–Crippen MR) is 80.0 cm³/mol. The van der Waals surface area contributed by atoms with Crippen molar-refractivity contribution in [2.24, 2.45) is 0 Å².